The van der Waals surface area contributed by atoms with Gasteiger partial charge in [0.25, 0.3) is 5.91 Å². The van der Waals surface area contributed by atoms with E-state index in [9.17, 15) is 4.79 Å². The van der Waals surface area contributed by atoms with Crippen molar-refractivity contribution < 1.29 is 9.90 Å². The zero-order chi connectivity index (χ0) is 10.4. The second-order valence-corrected chi connectivity index (χ2v) is 3.21. The molecular formula is C9H15N3O2. The standard InChI is InChI=1S/C9H15N3O2/c1-7(3-2-6-13)11-9(14)8-4-5-10-12-8/h4-5,7,13H,2-3,6H2,1H3,(H,10,12)(H,11,14). The normalized spacial score (nSPS) is 12.4. The molecule has 78 valence electrons. The van der Waals surface area contributed by atoms with E-state index in [0.717, 1.165) is 6.42 Å². The number of hydrogen-bond donors (Lipinski definition) is 3. The summed E-state index contributed by atoms with van der Waals surface area (Å²) < 4.78 is 0. The highest BCUT2D eigenvalue weighted by Crippen LogP contribution is 1.98. The summed E-state index contributed by atoms with van der Waals surface area (Å²) in [6, 6.07) is 1.69. The van der Waals surface area contributed by atoms with Gasteiger partial charge in [0.2, 0.25) is 0 Å². The summed E-state index contributed by atoms with van der Waals surface area (Å²) in [7, 11) is 0. The molecule has 1 aromatic rings. The van der Waals surface area contributed by atoms with Gasteiger partial charge in [-0.05, 0) is 25.8 Å². The maximum Gasteiger partial charge on any atom is 0.269 e. The number of amides is 1. The van der Waals surface area contributed by atoms with E-state index < -0.39 is 0 Å². The van der Waals surface area contributed by atoms with Crippen LogP contribution < -0.4 is 5.32 Å². The lowest BCUT2D eigenvalue weighted by Crippen LogP contribution is -2.32. The number of nitrogens with zero attached hydrogens (tertiary/aromatic N) is 1. The van der Waals surface area contributed by atoms with E-state index in [-0.39, 0.29) is 18.6 Å². The lowest BCUT2D eigenvalue weighted by molar-refractivity contribution is 0.0931. The van der Waals surface area contributed by atoms with Crippen LogP contribution in [-0.4, -0.2) is 33.9 Å². The monoisotopic (exact) mass is 197 g/mol. The predicted molar refractivity (Wildman–Crippen MR) is 51.8 cm³/mol. The molecule has 0 aliphatic rings. The molecule has 1 aromatic heterocycles. The molecule has 5 heteroatoms. The fourth-order valence-electron chi connectivity index (χ4n) is 1.15. The van der Waals surface area contributed by atoms with Gasteiger partial charge in [-0.15, -0.1) is 0 Å². The molecular weight excluding hydrogens is 182 g/mol. The fraction of sp³-hybridized carbons (Fsp3) is 0.556. The second kappa shape index (κ2) is 5.39. The summed E-state index contributed by atoms with van der Waals surface area (Å²) in [6.07, 6.45) is 3.01. The molecule has 0 aromatic carbocycles. The Morgan fingerprint density at radius 1 is 1.79 bits per heavy atom. The SMILES string of the molecule is CC(CCCO)NC(=O)c1ccn[nH]1. The zero-order valence-electron chi connectivity index (χ0n) is 8.16. The number of aliphatic hydroxyl groups is 1. The molecule has 0 spiro atoms. The molecule has 0 aliphatic heterocycles. The molecule has 5 nitrogen and oxygen atoms in total. The van der Waals surface area contributed by atoms with Crippen LogP contribution in [0.25, 0.3) is 0 Å². The number of carbonyl (C=O) groups excluding carboxylic acids is 1. The maximum atomic E-state index is 11.4. The van der Waals surface area contributed by atoms with E-state index in [2.05, 4.69) is 15.5 Å². The summed E-state index contributed by atoms with van der Waals surface area (Å²) in [6.45, 7) is 2.06. The maximum absolute atomic E-state index is 11.4. The third-order valence-electron chi connectivity index (χ3n) is 1.92. The first-order valence-electron chi connectivity index (χ1n) is 4.65. The highest BCUT2D eigenvalue weighted by Gasteiger charge is 2.09. The Labute approximate surface area is 82.5 Å². The Morgan fingerprint density at radius 2 is 2.57 bits per heavy atom. The number of aromatic nitrogens is 2. The third kappa shape index (κ3) is 3.18. The quantitative estimate of drug-likeness (QED) is 0.635. The number of hydrogen-bond acceptors (Lipinski definition) is 3. The van der Waals surface area contributed by atoms with E-state index in [4.69, 9.17) is 5.11 Å². The fourth-order valence-corrected chi connectivity index (χ4v) is 1.15. The summed E-state index contributed by atoms with van der Waals surface area (Å²) in [5.41, 5.74) is 0.459. The lowest BCUT2D eigenvalue weighted by Gasteiger charge is -2.11. The molecule has 1 heterocycles. The lowest BCUT2D eigenvalue weighted by atomic mass is 10.2. The molecule has 0 bridgehead atoms. The molecule has 1 unspecified atom stereocenters. The number of rotatable bonds is 5. The van der Waals surface area contributed by atoms with Crippen LogP contribution in [0.1, 0.15) is 30.3 Å². The van der Waals surface area contributed by atoms with Crippen molar-refractivity contribution in [3.8, 4) is 0 Å². The number of carbonyl (C=O) groups is 1. The summed E-state index contributed by atoms with van der Waals surface area (Å²) in [5.74, 6) is -0.159. The van der Waals surface area contributed by atoms with Gasteiger partial charge in [0.05, 0.1) is 0 Å². The van der Waals surface area contributed by atoms with Crippen LogP contribution in [0.15, 0.2) is 12.3 Å². The van der Waals surface area contributed by atoms with Gasteiger partial charge in [-0.2, -0.15) is 5.10 Å². The Morgan fingerprint density at radius 3 is 3.14 bits per heavy atom. The summed E-state index contributed by atoms with van der Waals surface area (Å²) in [4.78, 5) is 11.4. The van der Waals surface area contributed by atoms with Crippen LogP contribution in [0.4, 0.5) is 0 Å². The molecule has 1 amide bonds. The Hall–Kier alpha value is -1.36. The number of H-pyrrole nitrogens is 1. The van der Waals surface area contributed by atoms with Crippen molar-refractivity contribution in [3.63, 3.8) is 0 Å². The summed E-state index contributed by atoms with van der Waals surface area (Å²) >= 11 is 0. The predicted octanol–water partition coefficient (Wildman–Crippen LogP) is 0.300. The zero-order valence-corrected chi connectivity index (χ0v) is 8.16. The molecule has 0 aliphatic carbocycles. The number of nitrogens with one attached hydrogen (secondary N) is 2. The second-order valence-electron chi connectivity index (χ2n) is 3.21. The average molecular weight is 197 g/mol. The van der Waals surface area contributed by atoms with Gasteiger partial charge in [0, 0.05) is 18.8 Å². The topological polar surface area (TPSA) is 78.0 Å². The molecule has 3 N–H and O–H groups in total. The van der Waals surface area contributed by atoms with E-state index in [1.165, 1.54) is 6.20 Å². The highest BCUT2D eigenvalue weighted by atomic mass is 16.2. The van der Waals surface area contributed by atoms with Crippen molar-refractivity contribution in [1.82, 2.24) is 15.5 Å². The Kier molecular flexibility index (Phi) is 4.12. The number of aliphatic hydroxyl groups excluding tert-OH is 1. The van der Waals surface area contributed by atoms with E-state index in [1.807, 2.05) is 6.92 Å². The van der Waals surface area contributed by atoms with Crippen LogP contribution >= 0.6 is 0 Å². The van der Waals surface area contributed by atoms with Gasteiger partial charge >= 0.3 is 0 Å². The average Bonchev–Trinajstić information content (AvgIpc) is 2.67. The van der Waals surface area contributed by atoms with Gasteiger partial charge in [-0.1, -0.05) is 0 Å². The van der Waals surface area contributed by atoms with Crippen molar-refractivity contribution in [2.24, 2.45) is 0 Å². The van der Waals surface area contributed by atoms with E-state index >= 15 is 0 Å². The minimum absolute atomic E-state index is 0.0675. The van der Waals surface area contributed by atoms with Crippen LogP contribution in [0.5, 0.6) is 0 Å². The van der Waals surface area contributed by atoms with Gasteiger partial charge in [0.15, 0.2) is 0 Å². The van der Waals surface area contributed by atoms with Gasteiger partial charge < -0.3 is 10.4 Å². The molecule has 0 fully saturated rings. The summed E-state index contributed by atoms with van der Waals surface area (Å²) in [5, 5.41) is 17.7. The molecule has 1 atom stereocenters. The van der Waals surface area contributed by atoms with Crippen molar-refractivity contribution in [2.45, 2.75) is 25.8 Å². The molecule has 0 radical (unpaired) electrons. The highest BCUT2D eigenvalue weighted by molar-refractivity contribution is 5.92. The molecule has 0 saturated carbocycles. The van der Waals surface area contributed by atoms with Crippen molar-refractivity contribution >= 4 is 5.91 Å². The van der Waals surface area contributed by atoms with Crippen LogP contribution in [0, 0.1) is 0 Å². The largest absolute Gasteiger partial charge is 0.396 e. The van der Waals surface area contributed by atoms with Gasteiger partial charge in [-0.3, -0.25) is 9.89 Å². The minimum Gasteiger partial charge on any atom is -0.396 e. The van der Waals surface area contributed by atoms with Crippen LogP contribution in [0.2, 0.25) is 0 Å². The molecule has 14 heavy (non-hydrogen) atoms. The first-order chi connectivity index (χ1) is 6.74. The first-order valence-corrected chi connectivity index (χ1v) is 4.65. The van der Waals surface area contributed by atoms with Gasteiger partial charge in [0.1, 0.15) is 5.69 Å². The van der Waals surface area contributed by atoms with E-state index in [1.54, 1.807) is 6.07 Å². The van der Waals surface area contributed by atoms with Crippen molar-refractivity contribution in [2.75, 3.05) is 6.61 Å². The van der Waals surface area contributed by atoms with Crippen LogP contribution in [-0.2, 0) is 0 Å². The Balaban J connectivity index is 2.34. The minimum atomic E-state index is -0.159. The van der Waals surface area contributed by atoms with Crippen molar-refractivity contribution in [3.05, 3.63) is 18.0 Å². The Bertz CT molecular complexity index is 272. The van der Waals surface area contributed by atoms with Crippen molar-refractivity contribution in [1.29, 1.82) is 0 Å². The smallest absolute Gasteiger partial charge is 0.269 e. The molecule has 0 saturated heterocycles. The third-order valence-corrected chi connectivity index (χ3v) is 1.92. The number of aromatic amines is 1. The van der Waals surface area contributed by atoms with Crippen LogP contribution in [0.3, 0.4) is 0 Å². The van der Waals surface area contributed by atoms with E-state index in [0.29, 0.717) is 12.1 Å². The van der Waals surface area contributed by atoms with Gasteiger partial charge in [-0.25, -0.2) is 0 Å². The molecule has 1 rings (SSSR count). The first kappa shape index (κ1) is 10.7.